The molecule has 0 aliphatic heterocycles. The molecular formula is C11H7F5O5. The van der Waals surface area contributed by atoms with Crippen molar-refractivity contribution in [3.8, 4) is 5.75 Å². The van der Waals surface area contributed by atoms with Gasteiger partial charge in [0.25, 0.3) is 0 Å². The zero-order valence-corrected chi connectivity index (χ0v) is 9.99. The van der Waals surface area contributed by atoms with Crippen LogP contribution in [0.3, 0.4) is 0 Å². The molecule has 0 aromatic heterocycles. The van der Waals surface area contributed by atoms with Crippen LogP contribution in [0.25, 0.3) is 0 Å². The summed E-state index contributed by atoms with van der Waals surface area (Å²) in [6, 6.07) is 3.91. The first-order valence-corrected chi connectivity index (χ1v) is 5.16. The van der Waals surface area contributed by atoms with Gasteiger partial charge >= 0.3 is 24.2 Å². The number of benzene rings is 1. The highest BCUT2D eigenvalue weighted by atomic mass is 19.4. The average molecular weight is 314 g/mol. The Bertz CT molecular complexity index is 540. The molecule has 0 saturated carbocycles. The number of aliphatic carboxylic acids is 1. The van der Waals surface area contributed by atoms with Gasteiger partial charge in [-0.05, 0) is 12.1 Å². The number of carboxylic acids is 1. The maximum atomic E-state index is 12.9. The number of carbonyl (C=O) groups excluding carboxylic acids is 1. The zero-order chi connectivity index (χ0) is 16.3. The molecule has 0 heterocycles. The molecule has 10 heteroatoms. The van der Waals surface area contributed by atoms with Crippen molar-refractivity contribution >= 4 is 11.9 Å². The average Bonchev–Trinajstić information content (AvgIpc) is 2.35. The fourth-order valence-corrected chi connectivity index (χ4v) is 1.13. The van der Waals surface area contributed by atoms with Gasteiger partial charge in [0.1, 0.15) is 11.3 Å². The normalized spacial score (nSPS) is 11.9. The first-order valence-electron chi connectivity index (χ1n) is 5.16. The van der Waals surface area contributed by atoms with Gasteiger partial charge in [-0.3, -0.25) is 0 Å². The third-order valence-corrected chi connectivity index (χ3v) is 1.96. The molecule has 0 atom stereocenters. The molecule has 0 saturated heterocycles. The van der Waals surface area contributed by atoms with Crippen LogP contribution in [-0.4, -0.2) is 35.9 Å². The minimum atomic E-state index is -4.80. The molecule has 5 nitrogen and oxygen atoms in total. The Morgan fingerprint density at radius 1 is 1.10 bits per heavy atom. The Labute approximate surface area is 113 Å². The van der Waals surface area contributed by atoms with E-state index in [2.05, 4.69) is 9.47 Å². The number of hydrogen-bond acceptors (Lipinski definition) is 4. The van der Waals surface area contributed by atoms with Crippen LogP contribution in [0, 0.1) is 0 Å². The molecule has 1 N–H and O–H groups in total. The number of para-hydroxylation sites is 1. The second-order valence-corrected chi connectivity index (χ2v) is 3.61. The van der Waals surface area contributed by atoms with E-state index in [9.17, 15) is 31.5 Å². The van der Waals surface area contributed by atoms with Crippen molar-refractivity contribution in [2.24, 2.45) is 0 Å². The summed E-state index contributed by atoms with van der Waals surface area (Å²) in [5, 5.41) is 8.20. The fraction of sp³-hybridized carbons (Fsp3) is 0.273. The third kappa shape index (κ3) is 4.89. The number of esters is 1. The van der Waals surface area contributed by atoms with Crippen LogP contribution >= 0.6 is 0 Å². The predicted molar refractivity (Wildman–Crippen MR) is 56.0 cm³/mol. The molecule has 0 unspecified atom stereocenters. The molecule has 0 radical (unpaired) electrons. The smallest absolute Gasteiger partial charge is 0.474 e. The van der Waals surface area contributed by atoms with Crippen molar-refractivity contribution in [1.82, 2.24) is 0 Å². The summed E-state index contributed by atoms with van der Waals surface area (Å²) in [5.41, 5.74) is -0.761. The zero-order valence-electron chi connectivity index (χ0n) is 9.99. The van der Waals surface area contributed by atoms with Gasteiger partial charge in [0.15, 0.2) is 6.61 Å². The van der Waals surface area contributed by atoms with Crippen molar-refractivity contribution in [1.29, 1.82) is 0 Å². The second kappa shape index (κ2) is 5.94. The Kier molecular flexibility index (Phi) is 4.71. The number of halogens is 5. The molecule has 0 fully saturated rings. The topological polar surface area (TPSA) is 72.8 Å². The van der Waals surface area contributed by atoms with E-state index in [1.54, 1.807) is 0 Å². The molecule has 21 heavy (non-hydrogen) atoms. The Balaban J connectivity index is 2.94. The lowest BCUT2D eigenvalue weighted by atomic mass is 10.2. The van der Waals surface area contributed by atoms with Crippen molar-refractivity contribution in [3.05, 3.63) is 29.8 Å². The molecule has 0 bridgehead atoms. The Hall–Kier alpha value is -2.39. The molecule has 0 spiro atoms. The fourth-order valence-electron chi connectivity index (χ4n) is 1.13. The van der Waals surface area contributed by atoms with Gasteiger partial charge in [0.2, 0.25) is 0 Å². The summed E-state index contributed by atoms with van der Waals surface area (Å²) in [4.78, 5) is 21.6. The SMILES string of the molecule is O=C(OCC(F)(F)F)c1ccccc1OC(F)(F)C(=O)O. The van der Waals surface area contributed by atoms with Gasteiger partial charge in [-0.2, -0.15) is 22.0 Å². The van der Waals surface area contributed by atoms with E-state index in [0.717, 1.165) is 24.3 Å². The summed E-state index contributed by atoms with van der Waals surface area (Å²) in [6.07, 6.45) is -9.45. The van der Waals surface area contributed by atoms with Crippen molar-refractivity contribution < 1.29 is 46.1 Å². The molecule has 116 valence electrons. The largest absolute Gasteiger partial charge is 0.501 e. The molecule has 0 amide bonds. The molecule has 1 rings (SSSR count). The van der Waals surface area contributed by atoms with Gasteiger partial charge in [-0.25, -0.2) is 9.59 Å². The van der Waals surface area contributed by atoms with Crippen LogP contribution < -0.4 is 4.74 Å². The van der Waals surface area contributed by atoms with Crippen LogP contribution in [0.4, 0.5) is 22.0 Å². The predicted octanol–water partition coefficient (Wildman–Crippen LogP) is 2.46. The summed E-state index contributed by atoms with van der Waals surface area (Å²) in [7, 11) is 0. The number of carboxylic acid groups (broad SMARTS) is 1. The lowest BCUT2D eigenvalue weighted by Gasteiger charge is -2.16. The highest BCUT2D eigenvalue weighted by Gasteiger charge is 2.43. The van der Waals surface area contributed by atoms with Crippen molar-refractivity contribution in [3.63, 3.8) is 0 Å². The first-order chi connectivity index (χ1) is 9.53. The number of alkyl halides is 5. The van der Waals surface area contributed by atoms with Gasteiger partial charge in [-0.15, -0.1) is 0 Å². The lowest BCUT2D eigenvalue weighted by molar-refractivity contribution is -0.211. The molecule has 1 aromatic carbocycles. The van der Waals surface area contributed by atoms with Gasteiger partial charge < -0.3 is 14.6 Å². The van der Waals surface area contributed by atoms with E-state index < -0.39 is 42.1 Å². The summed E-state index contributed by atoms with van der Waals surface area (Å²) < 4.78 is 69.2. The first kappa shape index (κ1) is 16.7. The number of carbonyl (C=O) groups is 2. The van der Waals surface area contributed by atoms with Crippen LogP contribution in [0.5, 0.6) is 5.75 Å². The second-order valence-electron chi connectivity index (χ2n) is 3.61. The van der Waals surface area contributed by atoms with E-state index in [1.165, 1.54) is 0 Å². The number of ether oxygens (including phenoxy) is 2. The van der Waals surface area contributed by atoms with Gasteiger partial charge in [-0.1, -0.05) is 12.1 Å². The van der Waals surface area contributed by atoms with Gasteiger partial charge in [0.05, 0.1) is 0 Å². The third-order valence-electron chi connectivity index (χ3n) is 1.96. The van der Waals surface area contributed by atoms with Crippen LogP contribution in [-0.2, 0) is 9.53 Å². The summed E-state index contributed by atoms with van der Waals surface area (Å²) in [6.45, 7) is -1.92. The Morgan fingerprint density at radius 3 is 2.19 bits per heavy atom. The van der Waals surface area contributed by atoms with E-state index in [4.69, 9.17) is 5.11 Å². The molecule has 0 aliphatic rings. The summed E-state index contributed by atoms with van der Waals surface area (Å²) in [5.74, 6) is -5.12. The van der Waals surface area contributed by atoms with E-state index in [0.29, 0.717) is 0 Å². The highest BCUT2D eigenvalue weighted by molar-refractivity contribution is 5.92. The van der Waals surface area contributed by atoms with Crippen LogP contribution in [0.2, 0.25) is 0 Å². The van der Waals surface area contributed by atoms with Crippen LogP contribution in [0.15, 0.2) is 24.3 Å². The monoisotopic (exact) mass is 314 g/mol. The highest BCUT2D eigenvalue weighted by Crippen LogP contribution is 2.26. The van der Waals surface area contributed by atoms with E-state index >= 15 is 0 Å². The van der Waals surface area contributed by atoms with Gasteiger partial charge in [0, 0.05) is 0 Å². The van der Waals surface area contributed by atoms with Crippen LogP contribution in [0.1, 0.15) is 10.4 Å². The number of rotatable bonds is 5. The minimum absolute atomic E-state index is 0.761. The van der Waals surface area contributed by atoms with Crippen molar-refractivity contribution in [2.45, 2.75) is 12.3 Å². The number of hydrogen-bond donors (Lipinski definition) is 1. The standard InChI is InChI=1S/C11H7F5O5/c12-10(13,14)5-20-8(17)6-3-1-2-4-7(6)21-11(15,16)9(18)19/h1-4H,5H2,(H,18,19). The molecule has 0 aliphatic carbocycles. The maximum Gasteiger partial charge on any atom is 0.501 e. The maximum absolute atomic E-state index is 12.9. The van der Waals surface area contributed by atoms with E-state index in [1.807, 2.05) is 0 Å². The summed E-state index contributed by atoms with van der Waals surface area (Å²) >= 11 is 0. The van der Waals surface area contributed by atoms with E-state index in [-0.39, 0.29) is 0 Å². The molecule has 1 aromatic rings. The lowest BCUT2D eigenvalue weighted by Crippen LogP contribution is -2.35. The quantitative estimate of drug-likeness (QED) is 0.667. The van der Waals surface area contributed by atoms with Crippen molar-refractivity contribution in [2.75, 3.05) is 6.61 Å². The minimum Gasteiger partial charge on any atom is -0.474 e. The molecular weight excluding hydrogens is 307 g/mol. The Morgan fingerprint density at radius 2 is 1.67 bits per heavy atom.